The van der Waals surface area contributed by atoms with E-state index in [1.165, 1.54) is 0 Å². The van der Waals surface area contributed by atoms with E-state index >= 15 is 0 Å². The van der Waals surface area contributed by atoms with Gasteiger partial charge in [0.05, 0.1) is 5.41 Å². The molecule has 11 aromatic rings. The van der Waals surface area contributed by atoms with Crippen LogP contribution in [-0.2, 0) is 5.41 Å². The fourth-order valence-electron chi connectivity index (χ4n) is 9.94. The Hall–Kier alpha value is -9.20. The van der Waals surface area contributed by atoms with Gasteiger partial charge in [0.25, 0.3) is 0 Å². The molecule has 68 heavy (non-hydrogen) atoms. The minimum Gasteiger partial charge on any atom is -0.457 e. The highest BCUT2D eigenvalue weighted by molar-refractivity contribution is 5.92. The second-order valence-corrected chi connectivity index (χ2v) is 17.0. The number of ether oxygens (including phenoxy) is 1. The van der Waals surface area contributed by atoms with Gasteiger partial charge in [-0.25, -0.2) is 29.9 Å². The van der Waals surface area contributed by atoms with E-state index < -0.39 is 5.41 Å². The lowest BCUT2D eigenvalue weighted by Gasteiger charge is -2.39. The Balaban J connectivity index is 1.04. The normalized spacial score (nSPS) is 12.6. The van der Waals surface area contributed by atoms with E-state index in [2.05, 4.69) is 121 Å². The highest BCUT2D eigenvalue weighted by atomic mass is 16.5. The Kier molecular flexibility index (Phi) is 9.25. The van der Waals surface area contributed by atoms with Gasteiger partial charge in [-0.1, -0.05) is 200 Å². The van der Waals surface area contributed by atoms with Crippen molar-refractivity contribution in [1.29, 1.82) is 0 Å². The fourth-order valence-corrected chi connectivity index (χ4v) is 9.94. The van der Waals surface area contributed by atoms with Gasteiger partial charge in [0, 0.05) is 44.5 Å². The third-order valence-corrected chi connectivity index (χ3v) is 13.1. The molecule has 0 N–H and O–H groups in total. The zero-order valence-corrected chi connectivity index (χ0v) is 36.5. The van der Waals surface area contributed by atoms with Crippen molar-refractivity contribution in [2.24, 2.45) is 0 Å². The van der Waals surface area contributed by atoms with Gasteiger partial charge in [0.1, 0.15) is 11.5 Å². The van der Waals surface area contributed by atoms with Crippen LogP contribution in [0.1, 0.15) is 22.3 Å². The van der Waals surface area contributed by atoms with Crippen molar-refractivity contribution in [2.75, 3.05) is 0 Å². The number of nitrogens with zero attached hydrogens (tertiary/aromatic N) is 6. The first-order valence-electron chi connectivity index (χ1n) is 22.7. The quantitative estimate of drug-likeness (QED) is 0.158. The molecular weight excluding hydrogens is 833 g/mol. The summed E-state index contributed by atoms with van der Waals surface area (Å²) in [6, 6.07) is 79.2. The maximum absolute atomic E-state index is 6.68. The van der Waals surface area contributed by atoms with Crippen molar-refractivity contribution >= 4 is 0 Å². The van der Waals surface area contributed by atoms with Gasteiger partial charge in [-0.05, 0) is 63.7 Å². The number of benzene rings is 9. The van der Waals surface area contributed by atoms with Crippen LogP contribution in [0.2, 0.25) is 0 Å². The molecule has 0 bridgehead atoms. The molecule has 7 nitrogen and oxygen atoms in total. The number of hydrogen-bond donors (Lipinski definition) is 0. The number of fused-ring (bicyclic) bond motifs is 9. The van der Waals surface area contributed by atoms with Gasteiger partial charge in [0.15, 0.2) is 34.9 Å². The topological polar surface area (TPSA) is 86.6 Å². The number of para-hydroxylation sites is 2. The van der Waals surface area contributed by atoms with Gasteiger partial charge < -0.3 is 4.74 Å². The van der Waals surface area contributed by atoms with E-state index in [0.29, 0.717) is 34.9 Å². The molecule has 7 heteroatoms. The largest absolute Gasteiger partial charge is 0.457 e. The standard InChI is InChI=1S/C61H38N6O/c1-5-18-39(19-6-1)43-26-17-27-44(36-43)58-63-57(42-24-11-4-12-25-42)66-60(67-58)46-33-35-50-48(38-46)47-37-45(59-64-55(40-20-7-2-8-21-40)62-56(65-59)41-22-9-3-10-23-41)32-34-49(47)61(50)51-28-13-15-30-53(51)68-54-31-16-14-29-52(54)61/h1-38H. The zero-order chi connectivity index (χ0) is 45.0. The number of aromatic nitrogens is 6. The molecule has 0 atom stereocenters. The second-order valence-electron chi connectivity index (χ2n) is 17.0. The van der Waals surface area contributed by atoms with Crippen LogP contribution < -0.4 is 4.74 Å². The molecule has 2 aliphatic rings. The molecule has 9 aromatic carbocycles. The van der Waals surface area contributed by atoms with Crippen LogP contribution in [0.25, 0.3) is 90.6 Å². The third-order valence-electron chi connectivity index (χ3n) is 13.1. The first-order chi connectivity index (χ1) is 33.7. The lowest BCUT2D eigenvalue weighted by molar-refractivity contribution is 0.436. The average molecular weight is 871 g/mol. The van der Waals surface area contributed by atoms with Crippen molar-refractivity contribution in [3.8, 4) is 102 Å². The van der Waals surface area contributed by atoms with Crippen molar-refractivity contribution in [3.63, 3.8) is 0 Å². The molecule has 2 aromatic heterocycles. The van der Waals surface area contributed by atoms with E-state index in [0.717, 1.165) is 89.4 Å². The molecule has 3 heterocycles. The molecule has 1 spiro atoms. The summed E-state index contributed by atoms with van der Waals surface area (Å²) in [5.41, 5.74) is 13.4. The first kappa shape index (κ1) is 39.2. The van der Waals surface area contributed by atoms with Gasteiger partial charge in [-0.15, -0.1) is 0 Å². The Morgan fingerprint density at radius 1 is 0.235 bits per heavy atom. The van der Waals surface area contributed by atoms with E-state index in [4.69, 9.17) is 34.6 Å². The molecule has 0 amide bonds. The van der Waals surface area contributed by atoms with Crippen molar-refractivity contribution in [1.82, 2.24) is 29.9 Å². The molecule has 1 aliphatic heterocycles. The summed E-state index contributed by atoms with van der Waals surface area (Å²) in [5, 5.41) is 0. The SMILES string of the molecule is c1ccc(-c2cccc(-c3nc(-c4ccccc4)nc(-c4ccc5c(c4)-c4cc(-c6nc(-c7ccccc7)nc(-c7ccccc7)n6)ccc4C54c5ccccc5Oc5ccccc54)n3)c2)cc1. The molecule has 1 aliphatic carbocycles. The highest BCUT2D eigenvalue weighted by Crippen LogP contribution is 2.62. The Bertz CT molecular complexity index is 3610. The molecule has 0 saturated heterocycles. The molecule has 0 saturated carbocycles. The summed E-state index contributed by atoms with van der Waals surface area (Å²) < 4.78 is 6.68. The summed E-state index contributed by atoms with van der Waals surface area (Å²) >= 11 is 0. The monoisotopic (exact) mass is 870 g/mol. The van der Waals surface area contributed by atoms with Crippen LogP contribution >= 0.6 is 0 Å². The number of hydrogen-bond acceptors (Lipinski definition) is 7. The van der Waals surface area contributed by atoms with Crippen LogP contribution in [-0.4, -0.2) is 29.9 Å². The lowest BCUT2D eigenvalue weighted by atomic mass is 9.66. The van der Waals surface area contributed by atoms with Crippen molar-refractivity contribution in [3.05, 3.63) is 253 Å². The van der Waals surface area contributed by atoms with E-state index in [-0.39, 0.29) is 0 Å². The smallest absolute Gasteiger partial charge is 0.164 e. The minimum absolute atomic E-state index is 0.575. The molecule has 0 fully saturated rings. The van der Waals surface area contributed by atoms with E-state index in [9.17, 15) is 0 Å². The average Bonchev–Trinajstić information content (AvgIpc) is 3.70. The maximum Gasteiger partial charge on any atom is 0.164 e. The Morgan fingerprint density at radius 2 is 0.559 bits per heavy atom. The van der Waals surface area contributed by atoms with Crippen LogP contribution in [0.4, 0.5) is 0 Å². The lowest BCUT2D eigenvalue weighted by Crippen LogP contribution is -2.32. The van der Waals surface area contributed by atoms with Gasteiger partial charge in [-0.3, -0.25) is 0 Å². The summed E-state index contributed by atoms with van der Waals surface area (Å²) in [6.45, 7) is 0. The van der Waals surface area contributed by atoms with Crippen molar-refractivity contribution < 1.29 is 4.74 Å². The van der Waals surface area contributed by atoms with Gasteiger partial charge >= 0.3 is 0 Å². The van der Waals surface area contributed by atoms with E-state index in [1.54, 1.807) is 0 Å². The molecule has 0 radical (unpaired) electrons. The maximum atomic E-state index is 6.68. The molecule has 318 valence electrons. The fraction of sp³-hybridized carbons (Fsp3) is 0.0164. The zero-order valence-electron chi connectivity index (χ0n) is 36.5. The summed E-state index contributed by atoms with van der Waals surface area (Å²) in [5.74, 6) is 5.21. The predicted molar refractivity (Wildman–Crippen MR) is 269 cm³/mol. The van der Waals surface area contributed by atoms with Crippen LogP contribution in [0.3, 0.4) is 0 Å². The highest BCUT2D eigenvalue weighted by Gasteiger charge is 2.51. The van der Waals surface area contributed by atoms with Gasteiger partial charge in [-0.2, -0.15) is 0 Å². The molecule has 0 unspecified atom stereocenters. The summed E-state index contributed by atoms with van der Waals surface area (Å²) in [7, 11) is 0. The van der Waals surface area contributed by atoms with Crippen LogP contribution in [0.15, 0.2) is 231 Å². The Morgan fingerprint density at radius 3 is 0.985 bits per heavy atom. The van der Waals surface area contributed by atoms with Crippen LogP contribution in [0.5, 0.6) is 11.5 Å². The van der Waals surface area contributed by atoms with E-state index in [1.807, 2.05) is 109 Å². The Labute approximate surface area is 393 Å². The summed E-state index contributed by atoms with van der Waals surface area (Å²) in [6.07, 6.45) is 0. The third kappa shape index (κ3) is 6.51. The first-order valence-corrected chi connectivity index (χ1v) is 22.7. The number of rotatable bonds is 7. The molecule has 13 rings (SSSR count). The predicted octanol–water partition coefficient (Wildman–Crippen LogP) is 14.2. The molecular formula is C61H38N6O. The van der Waals surface area contributed by atoms with Crippen molar-refractivity contribution in [2.45, 2.75) is 5.41 Å². The second kappa shape index (κ2) is 16.0. The van der Waals surface area contributed by atoms with Crippen LogP contribution in [0, 0.1) is 0 Å². The van der Waals surface area contributed by atoms with Gasteiger partial charge in [0.2, 0.25) is 0 Å². The minimum atomic E-state index is -0.700. The summed E-state index contributed by atoms with van der Waals surface area (Å²) in [4.78, 5) is 30.9.